The second kappa shape index (κ2) is 6.83. The first-order valence-electron chi connectivity index (χ1n) is 5.99. The van der Waals surface area contributed by atoms with Crippen LogP contribution in [0.4, 0.5) is 10.8 Å². The zero-order valence-electron chi connectivity index (χ0n) is 10.9. The van der Waals surface area contributed by atoms with Gasteiger partial charge in [-0.2, -0.15) is 5.26 Å². The molecule has 2 heterocycles. The highest BCUT2D eigenvalue weighted by atomic mass is 79.9. The highest BCUT2D eigenvalue weighted by Gasteiger charge is 2.11. The molecule has 3 rings (SSSR count). The minimum absolute atomic E-state index is 0.282. The Hall–Kier alpha value is -2.02. The Morgan fingerprint density at radius 2 is 2.09 bits per heavy atom. The van der Waals surface area contributed by atoms with Crippen molar-refractivity contribution in [3.05, 3.63) is 46.8 Å². The molecule has 2 aromatic heterocycles. The van der Waals surface area contributed by atoms with Crippen LogP contribution in [0.2, 0.25) is 0 Å². The van der Waals surface area contributed by atoms with Crippen LogP contribution in [0.1, 0.15) is 5.69 Å². The Morgan fingerprint density at radius 3 is 2.91 bits per heavy atom. The van der Waals surface area contributed by atoms with Crippen LogP contribution in [0.15, 0.2) is 50.5 Å². The number of aromatic nitrogens is 4. The van der Waals surface area contributed by atoms with E-state index in [1.165, 1.54) is 29.3 Å². The molecule has 108 valence electrons. The predicted octanol–water partition coefficient (Wildman–Crippen LogP) is 3.86. The van der Waals surface area contributed by atoms with Gasteiger partial charge in [0.05, 0.1) is 0 Å². The first-order valence-corrected chi connectivity index (χ1v) is 8.42. The number of nitrogens with zero attached hydrogens (tertiary/aromatic N) is 5. The van der Waals surface area contributed by atoms with Gasteiger partial charge in [0.25, 0.3) is 0 Å². The maximum Gasteiger partial charge on any atom is 0.210 e. The number of hydrogen-bond donors (Lipinski definition) is 1. The van der Waals surface area contributed by atoms with Gasteiger partial charge >= 0.3 is 0 Å². The molecule has 0 radical (unpaired) electrons. The van der Waals surface area contributed by atoms with Crippen molar-refractivity contribution in [1.29, 1.82) is 5.26 Å². The maximum atomic E-state index is 9.01. The zero-order chi connectivity index (χ0) is 15.4. The third-order valence-corrected chi connectivity index (χ3v) is 4.81. The highest BCUT2D eigenvalue weighted by molar-refractivity contribution is 9.10. The number of rotatable bonds is 4. The van der Waals surface area contributed by atoms with Crippen LogP contribution in [0.5, 0.6) is 0 Å². The molecule has 0 fully saturated rings. The van der Waals surface area contributed by atoms with Gasteiger partial charge in [0.1, 0.15) is 11.1 Å². The van der Waals surface area contributed by atoms with Crippen molar-refractivity contribution in [3.8, 4) is 6.07 Å². The quantitative estimate of drug-likeness (QED) is 0.723. The van der Waals surface area contributed by atoms with Crippen LogP contribution < -0.4 is 5.32 Å². The summed E-state index contributed by atoms with van der Waals surface area (Å²) in [4.78, 5) is 8.11. The molecular formula is C13H7BrN6S2. The van der Waals surface area contributed by atoms with E-state index >= 15 is 0 Å². The summed E-state index contributed by atoms with van der Waals surface area (Å²) in [7, 11) is 0. The van der Waals surface area contributed by atoms with Crippen molar-refractivity contribution in [2.24, 2.45) is 0 Å². The molecule has 0 bridgehead atoms. The summed E-state index contributed by atoms with van der Waals surface area (Å²) >= 11 is 6.08. The van der Waals surface area contributed by atoms with Gasteiger partial charge in [-0.1, -0.05) is 33.3 Å². The molecule has 9 heteroatoms. The smallest absolute Gasteiger partial charge is 0.210 e. The lowest BCUT2D eigenvalue weighted by Crippen LogP contribution is -1.89. The fourth-order valence-corrected chi connectivity index (χ4v) is 3.64. The van der Waals surface area contributed by atoms with Gasteiger partial charge in [-0.3, -0.25) is 0 Å². The summed E-state index contributed by atoms with van der Waals surface area (Å²) in [6, 6.07) is 9.78. The number of nitrogens with one attached hydrogen (secondary N) is 1. The van der Waals surface area contributed by atoms with Crippen LogP contribution in [0.25, 0.3) is 0 Å². The Kier molecular flexibility index (Phi) is 4.62. The monoisotopic (exact) mass is 390 g/mol. The van der Waals surface area contributed by atoms with E-state index in [0.29, 0.717) is 14.5 Å². The van der Waals surface area contributed by atoms with Crippen molar-refractivity contribution in [2.45, 2.75) is 9.37 Å². The number of anilines is 2. The molecule has 6 nitrogen and oxygen atoms in total. The minimum Gasteiger partial charge on any atom is -0.330 e. The van der Waals surface area contributed by atoms with Gasteiger partial charge in [0, 0.05) is 22.6 Å². The average Bonchev–Trinajstić information content (AvgIpc) is 2.95. The maximum absolute atomic E-state index is 9.01. The van der Waals surface area contributed by atoms with E-state index in [4.69, 9.17) is 5.26 Å². The van der Waals surface area contributed by atoms with E-state index in [9.17, 15) is 0 Å². The first kappa shape index (κ1) is 14.9. The zero-order valence-corrected chi connectivity index (χ0v) is 14.1. The molecule has 0 saturated heterocycles. The Labute approximate surface area is 142 Å². The van der Waals surface area contributed by atoms with E-state index < -0.39 is 0 Å². The summed E-state index contributed by atoms with van der Waals surface area (Å²) in [6.07, 6.45) is 3.04. The third-order valence-electron chi connectivity index (χ3n) is 2.44. The molecule has 0 spiro atoms. The fourth-order valence-electron chi connectivity index (χ4n) is 1.55. The molecule has 1 N–H and O–H groups in total. The average molecular weight is 391 g/mol. The molecule has 0 amide bonds. The lowest BCUT2D eigenvalue weighted by molar-refractivity contribution is 0.993. The molecule has 0 saturated carbocycles. The van der Waals surface area contributed by atoms with E-state index in [1.807, 2.05) is 30.3 Å². The van der Waals surface area contributed by atoms with Crippen LogP contribution in [0.3, 0.4) is 0 Å². The van der Waals surface area contributed by atoms with Gasteiger partial charge in [0.2, 0.25) is 5.13 Å². The van der Waals surface area contributed by atoms with Crippen molar-refractivity contribution in [2.75, 3.05) is 5.32 Å². The van der Waals surface area contributed by atoms with Crippen LogP contribution in [-0.4, -0.2) is 20.2 Å². The lowest BCUT2D eigenvalue weighted by atomic mass is 10.3. The molecule has 0 unspecified atom stereocenters. The Bertz CT molecular complexity index is 844. The van der Waals surface area contributed by atoms with Crippen LogP contribution in [-0.2, 0) is 0 Å². The summed E-state index contributed by atoms with van der Waals surface area (Å²) in [6.45, 7) is 0. The van der Waals surface area contributed by atoms with Crippen molar-refractivity contribution in [3.63, 3.8) is 0 Å². The van der Waals surface area contributed by atoms with Crippen LogP contribution >= 0.6 is 39.0 Å². The van der Waals surface area contributed by atoms with Gasteiger partial charge in [-0.05, 0) is 30.0 Å². The molecule has 1 aromatic carbocycles. The Morgan fingerprint density at radius 1 is 1.23 bits per heavy atom. The van der Waals surface area contributed by atoms with Crippen molar-refractivity contribution in [1.82, 2.24) is 20.2 Å². The third kappa shape index (κ3) is 3.59. The second-order valence-electron chi connectivity index (χ2n) is 3.93. The molecule has 0 aliphatic carbocycles. The van der Waals surface area contributed by atoms with E-state index in [0.717, 1.165) is 10.2 Å². The topological polar surface area (TPSA) is 87.4 Å². The number of halogens is 1. The lowest BCUT2D eigenvalue weighted by Gasteiger charge is -2.01. The number of hydrogen-bond acceptors (Lipinski definition) is 8. The van der Waals surface area contributed by atoms with E-state index in [1.54, 1.807) is 6.20 Å². The molecule has 0 aliphatic rings. The molecule has 0 atom stereocenters. The van der Waals surface area contributed by atoms with E-state index in [-0.39, 0.29) is 5.69 Å². The van der Waals surface area contributed by atoms with Crippen molar-refractivity contribution >= 4 is 49.8 Å². The summed E-state index contributed by atoms with van der Waals surface area (Å²) < 4.78 is 1.67. The summed E-state index contributed by atoms with van der Waals surface area (Å²) in [5, 5.41) is 21.5. The van der Waals surface area contributed by atoms with Gasteiger partial charge in [0.15, 0.2) is 10.0 Å². The highest BCUT2D eigenvalue weighted by Crippen LogP contribution is 2.33. The van der Waals surface area contributed by atoms with Gasteiger partial charge < -0.3 is 5.32 Å². The Balaban J connectivity index is 1.75. The minimum atomic E-state index is 0.282. The second-order valence-corrected chi connectivity index (χ2v) is 7.06. The standard InChI is InChI=1S/C13H7BrN6S2/c14-8-2-1-3-9(6-8)18-12-19-20-13(22-12)21-11-10(7-15)16-4-5-17-11/h1-6H,(H,18,19). The molecule has 22 heavy (non-hydrogen) atoms. The molecular weight excluding hydrogens is 384 g/mol. The van der Waals surface area contributed by atoms with Gasteiger partial charge in [-0.15, -0.1) is 10.2 Å². The largest absolute Gasteiger partial charge is 0.330 e. The van der Waals surface area contributed by atoms with Crippen LogP contribution in [0, 0.1) is 11.3 Å². The van der Waals surface area contributed by atoms with Crippen molar-refractivity contribution < 1.29 is 0 Å². The van der Waals surface area contributed by atoms with E-state index in [2.05, 4.69) is 41.4 Å². The molecule has 3 aromatic rings. The number of nitriles is 1. The number of benzene rings is 1. The normalized spacial score (nSPS) is 10.2. The first-order chi connectivity index (χ1) is 10.7. The molecule has 0 aliphatic heterocycles. The summed E-state index contributed by atoms with van der Waals surface area (Å²) in [5.41, 5.74) is 1.20. The fraction of sp³-hybridized carbons (Fsp3) is 0. The SMILES string of the molecule is N#Cc1nccnc1Sc1nnc(Nc2cccc(Br)c2)s1. The van der Waals surface area contributed by atoms with Gasteiger partial charge in [-0.25, -0.2) is 9.97 Å². The predicted molar refractivity (Wildman–Crippen MR) is 88.2 cm³/mol. The summed E-state index contributed by atoms with van der Waals surface area (Å²) in [5.74, 6) is 0.